The molecule has 0 radical (unpaired) electrons. The smallest absolute Gasteiger partial charge is 0.408 e. The number of methoxy groups -OCH3 is 1. The van der Waals surface area contributed by atoms with Crippen LogP contribution in [0.4, 0.5) is 32.3 Å². The summed E-state index contributed by atoms with van der Waals surface area (Å²) in [5.74, 6) is -5.21. The third kappa shape index (κ3) is 4.19. The lowest BCUT2D eigenvalue weighted by Gasteiger charge is -2.19. The Bertz CT molecular complexity index is 1520. The number of rotatable bonds is 5. The van der Waals surface area contributed by atoms with Crippen LogP contribution in [-0.2, 0) is 6.54 Å². The molecule has 15 heteroatoms. The van der Waals surface area contributed by atoms with E-state index >= 15 is 4.39 Å². The summed E-state index contributed by atoms with van der Waals surface area (Å²) in [6.45, 7) is -2.05. The van der Waals surface area contributed by atoms with Gasteiger partial charge in [0.25, 0.3) is 5.92 Å². The molecule has 1 aromatic carbocycles. The number of halogens is 6. The molecule has 1 fully saturated rings. The quantitative estimate of drug-likeness (QED) is 0.419. The Kier molecular flexibility index (Phi) is 4.47. The number of alkyl halides is 5. The van der Waals surface area contributed by atoms with Crippen molar-refractivity contribution >= 4 is 22.5 Å². The molecule has 4 aromatic rings. The second-order valence-electron chi connectivity index (χ2n) is 8.21. The summed E-state index contributed by atoms with van der Waals surface area (Å²) >= 11 is 0. The van der Waals surface area contributed by atoms with Gasteiger partial charge in [-0.15, -0.1) is 10.2 Å². The average Bonchev–Trinajstić information content (AvgIpc) is 3.38. The van der Waals surface area contributed by atoms with E-state index in [-0.39, 0.29) is 34.2 Å². The third-order valence-corrected chi connectivity index (χ3v) is 5.57. The molecular weight excluding hydrogens is 482 g/mol. The van der Waals surface area contributed by atoms with Gasteiger partial charge in [0.15, 0.2) is 5.82 Å². The van der Waals surface area contributed by atoms with Gasteiger partial charge >= 0.3 is 6.18 Å². The fraction of sp³-hybridized carbons (Fsp3) is 0.400. The van der Waals surface area contributed by atoms with Crippen LogP contribution in [0, 0.1) is 5.82 Å². The number of likely N-dealkylation sites (tertiary alicyclic amines) is 1. The minimum atomic E-state index is -4.60. The molecule has 1 N–H and O–H groups in total. The van der Waals surface area contributed by atoms with E-state index in [0.717, 1.165) is 10.7 Å². The van der Waals surface area contributed by atoms with Crippen molar-refractivity contribution in [1.29, 1.82) is 0 Å². The lowest BCUT2D eigenvalue weighted by molar-refractivity contribution is -0.142. The van der Waals surface area contributed by atoms with Crippen LogP contribution in [0.5, 0.6) is 5.88 Å². The molecular formula is C20H18F6N8O. The van der Waals surface area contributed by atoms with E-state index in [0.29, 0.717) is 4.68 Å². The Labute approximate surface area is 197 Å². The maximum absolute atomic E-state index is 15.3. The van der Waals surface area contributed by atoms with Crippen LogP contribution in [-0.4, -0.2) is 79.8 Å². The summed E-state index contributed by atoms with van der Waals surface area (Å²) < 4.78 is 112. The highest BCUT2D eigenvalue weighted by atomic mass is 19.4. The molecule has 0 bridgehead atoms. The van der Waals surface area contributed by atoms with Gasteiger partial charge in [-0.1, -0.05) is 11.3 Å². The molecule has 1 aliphatic rings. The topological polar surface area (TPSA) is 85.4 Å². The van der Waals surface area contributed by atoms with Gasteiger partial charge in [-0.2, -0.15) is 18.2 Å². The first-order chi connectivity index (χ1) is 17.6. The van der Waals surface area contributed by atoms with Crippen LogP contribution in [0.3, 0.4) is 0 Å². The van der Waals surface area contributed by atoms with Crippen molar-refractivity contribution in [3.63, 3.8) is 0 Å². The minimum Gasteiger partial charge on any atom is -0.479 e. The number of hydrogen-bond donors (Lipinski definition) is 1. The molecule has 0 amide bonds. The zero-order valence-electron chi connectivity index (χ0n) is 20.8. The highest BCUT2D eigenvalue weighted by Crippen LogP contribution is 2.36. The minimum absolute atomic E-state index is 0.0203. The Morgan fingerprint density at radius 1 is 1.31 bits per heavy atom. The first kappa shape index (κ1) is 19.7. The molecule has 1 atom stereocenters. The van der Waals surface area contributed by atoms with Crippen LogP contribution >= 0.6 is 0 Å². The van der Waals surface area contributed by atoms with E-state index < -0.39 is 55.9 Å². The van der Waals surface area contributed by atoms with Crippen molar-refractivity contribution in [2.45, 2.75) is 24.7 Å². The van der Waals surface area contributed by atoms with Crippen LogP contribution in [0.2, 0.25) is 0 Å². The number of hydrogen-bond acceptors (Lipinski definition) is 7. The van der Waals surface area contributed by atoms with E-state index in [4.69, 9.17) is 8.85 Å². The molecule has 9 nitrogen and oxygen atoms in total. The lowest BCUT2D eigenvalue weighted by atomic mass is 10.1. The van der Waals surface area contributed by atoms with Crippen LogP contribution in [0.1, 0.15) is 4.11 Å². The molecule has 0 spiro atoms. The van der Waals surface area contributed by atoms with E-state index in [2.05, 4.69) is 25.7 Å². The van der Waals surface area contributed by atoms with Crippen molar-refractivity contribution in [2.75, 3.05) is 32.5 Å². The average molecular weight is 503 g/mol. The maximum atomic E-state index is 15.3. The Morgan fingerprint density at radius 2 is 2.11 bits per heavy atom. The molecule has 1 aliphatic heterocycles. The summed E-state index contributed by atoms with van der Waals surface area (Å²) in [5.41, 5.74) is -0.515. The van der Waals surface area contributed by atoms with Crippen molar-refractivity contribution < 1.29 is 35.2 Å². The lowest BCUT2D eigenvalue weighted by Crippen LogP contribution is -2.38. The summed E-state index contributed by atoms with van der Waals surface area (Å²) in [6, 6.07) is 2.43. The monoisotopic (exact) mass is 503 g/mol. The Morgan fingerprint density at radius 3 is 2.80 bits per heavy atom. The number of benzene rings is 1. The molecule has 1 unspecified atom stereocenters. The van der Waals surface area contributed by atoms with Gasteiger partial charge < -0.3 is 10.1 Å². The van der Waals surface area contributed by atoms with Gasteiger partial charge in [-0.05, 0) is 24.7 Å². The zero-order valence-corrected chi connectivity index (χ0v) is 17.8. The van der Waals surface area contributed by atoms with Crippen molar-refractivity contribution in [1.82, 2.24) is 34.5 Å². The maximum Gasteiger partial charge on any atom is 0.408 e. The fourth-order valence-corrected chi connectivity index (χ4v) is 4.12. The highest BCUT2D eigenvalue weighted by Gasteiger charge is 2.47. The predicted octanol–water partition coefficient (Wildman–Crippen LogP) is 3.21. The van der Waals surface area contributed by atoms with Gasteiger partial charge in [0.2, 0.25) is 11.8 Å². The molecule has 5 rings (SSSR count). The molecule has 3 aromatic heterocycles. The molecule has 35 heavy (non-hydrogen) atoms. The number of anilines is 1. The van der Waals surface area contributed by atoms with E-state index in [1.165, 1.54) is 30.1 Å². The summed E-state index contributed by atoms with van der Waals surface area (Å²) in [4.78, 5) is 5.31. The molecule has 186 valence electrons. The second-order valence-corrected chi connectivity index (χ2v) is 8.21. The van der Waals surface area contributed by atoms with Crippen LogP contribution < -0.4 is 10.1 Å². The number of aromatic nitrogens is 6. The fourth-order valence-electron chi connectivity index (χ4n) is 4.12. The standard InChI is InChI=1S/C20H18F6N8O/c1-32-7-14(19(22,23)8-32)27-18-28-17(35-2)16-15(11(21)6-33(16)30-18)10-3-4-12-13(5-10)34(31-29-12)9-20(24,25)26/h3-6,14H,7-9H2,1-2H3,(H,27,30)/i2D3. The van der Waals surface area contributed by atoms with Gasteiger partial charge in [0, 0.05) is 6.54 Å². The first-order valence-corrected chi connectivity index (χ1v) is 10.1. The van der Waals surface area contributed by atoms with E-state index in [1.54, 1.807) is 0 Å². The Hall–Kier alpha value is -3.62. The molecule has 0 aliphatic carbocycles. The van der Waals surface area contributed by atoms with E-state index in [9.17, 15) is 22.0 Å². The number of likely N-dealkylation sites (N-methyl/N-ethyl adjacent to an activating group) is 1. The summed E-state index contributed by atoms with van der Waals surface area (Å²) in [7, 11) is -1.58. The zero-order chi connectivity index (χ0) is 27.6. The summed E-state index contributed by atoms with van der Waals surface area (Å²) in [5, 5.41) is 13.6. The molecule has 0 saturated carbocycles. The van der Waals surface area contributed by atoms with Crippen molar-refractivity contribution in [2.24, 2.45) is 0 Å². The van der Waals surface area contributed by atoms with Crippen molar-refractivity contribution in [3.8, 4) is 17.0 Å². The Balaban J connectivity index is 1.64. The van der Waals surface area contributed by atoms with Gasteiger partial charge in [0.1, 0.15) is 23.6 Å². The normalized spacial score (nSPS) is 20.2. The van der Waals surface area contributed by atoms with Crippen LogP contribution in [0.15, 0.2) is 24.4 Å². The van der Waals surface area contributed by atoms with Gasteiger partial charge in [-0.3, -0.25) is 4.90 Å². The van der Waals surface area contributed by atoms with Gasteiger partial charge in [-0.25, -0.2) is 22.4 Å². The number of ether oxygens (including phenoxy) is 1. The molecule has 4 heterocycles. The SMILES string of the molecule is [2H]C([2H])([2H])Oc1nc(NC2CN(C)CC2(F)F)nn2cc(F)c(-c3ccc4nnn(CC(F)(F)F)c4c3)c12. The van der Waals surface area contributed by atoms with E-state index in [1.807, 2.05) is 0 Å². The number of nitrogens with zero attached hydrogens (tertiary/aromatic N) is 7. The predicted molar refractivity (Wildman–Crippen MR) is 112 cm³/mol. The summed E-state index contributed by atoms with van der Waals surface area (Å²) in [6.07, 6.45) is -3.76. The third-order valence-electron chi connectivity index (χ3n) is 5.57. The largest absolute Gasteiger partial charge is 0.479 e. The van der Waals surface area contributed by atoms with Crippen molar-refractivity contribution in [3.05, 3.63) is 30.2 Å². The van der Waals surface area contributed by atoms with Gasteiger partial charge in [0.05, 0.1) is 35.0 Å². The second kappa shape index (κ2) is 7.96. The van der Waals surface area contributed by atoms with Crippen LogP contribution in [0.25, 0.3) is 27.7 Å². The molecule has 1 saturated heterocycles. The highest BCUT2D eigenvalue weighted by molar-refractivity contribution is 5.89. The number of fused-ring (bicyclic) bond motifs is 2. The first-order valence-electron chi connectivity index (χ1n) is 11.6. The number of nitrogens with one attached hydrogen (secondary N) is 1.